The van der Waals surface area contributed by atoms with E-state index < -0.39 is 10.0 Å². The highest BCUT2D eigenvalue weighted by Gasteiger charge is 2.32. The standard InChI is InChI=1S/C19H13BrClN3O5S/c1-28-17-9-13(20)14(21)10-16(17)24(18-6-7-29-23-18)30(26,27)12-3-4-15-11(8-12)2-5-19(25)22-15/h2-10H,1H3,(H,22,25). The number of nitrogens with zero attached hydrogens (tertiary/aromatic N) is 2. The number of fused-ring (bicyclic) bond motifs is 1. The summed E-state index contributed by atoms with van der Waals surface area (Å²) in [6.07, 6.45) is 1.26. The monoisotopic (exact) mass is 509 g/mol. The fraction of sp³-hybridized carbons (Fsp3) is 0.0526. The summed E-state index contributed by atoms with van der Waals surface area (Å²) in [5, 5.41) is 4.64. The Morgan fingerprint density at radius 3 is 2.67 bits per heavy atom. The molecule has 4 rings (SSSR count). The molecule has 154 valence electrons. The number of benzene rings is 2. The second-order valence-corrected chi connectivity index (χ2v) is 9.19. The predicted octanol–water partition coefficient (Wildman–Crippen LogP) is 4.47. The quantitative estimate of drug-likeness (QED) is 0.425. The number of rotatable bonds is 5. The van der Waals surface area contributed by atoms with Crippen LogP contribution in [-0.2, 0) is 10.0 Å². The molecule has 0 atom stereocenters. The molecule has 2 aromatic carbocycles. The number of halogens is 2. The third kappa shape index (κ3) is 3.57. The third-order valence-corrected chi connectivity index (χ3v) is 7.22. The van der Waals surface area contributed by atoms with Crippen molar-refractivity contribution in [1.29, 1.82) is 0 Å². The van der Waals surface area contributed by atoms with Crippen molar-refractivity contribution in [1.82, 2.24) is 10.1 Å². The molecule has 11 heteroatoms. The first kappa shape index (κ1) is 20.5. The van der Waals surface area contributed by atoms with Crippen LogP contribution >= 0.6 is 27.5 Å². The molecule has 0 unspecified atom stereocenters. The van der Waals surface area contributed by atoms with Crippen molar-refractivity contribution < 1.29 is 17.7 Å². The molecule has 0 aliphatic carbocycles. The van der Waals surface area contributed by atoms with Gasteiger partial charge in [0.05, 0.1) is 17.0 Å². The van der Waals surface area contributed by atoms with Crippen molar-refractivity contribution in [2.24, 2.45) is 0 Å². The van der Waals surface area contributed by atoms with Gasteiger partial charge in [0.1, 0.15) is 17.7 Å². The maximum atomic E-state index is 13.7. The topological polar surface area (TPSA) is 106 Å². The van der Waals surface area contributed by atoms with Crippen molar-refractivity contribution >= 4 is 60.0 Å². The number of aromatic amines is 1. The molecule has 0 bridgehead atoms. The van der Waals surface area contributed by atoms with Gasteiger partial charge in [0.25, 0.3) is 10.0 Å². The molecule has 0 saturated heterocycles. The SMILES string of the molecule is COc1cc(Br)c(Cl)cc1N(c1ccon1)S(=O)(=O)c1ccc2[nH]c(=O)ccc2c1. The summed E-state index contributed by atoms with van der Waals surface area (Å²) >= 11 is 9.54. The van der Waals surface area contributed by atoms with Crippen LogP contribution < -0.4 is 14.6 Å². The van der Waals surface area contributed by atoms with Gasteiger partial charge in [0.2, 0.25) is 5.56 Å². The molecule has 2 heterocycles. The lowest BCUT2D eigenvalue weighted by Crippen LogP contribution is -2.27. The van der Waals surface area contributed by atoms with E-state index in [1.165, 1.54) is 49.8 Å². The van der Waals surface area contributed by atoms with E-state index in [1.54, 1.807) is 12.1 Å². The van der Waals surface area contributed by atoms with Crippen molar-refractivity contribution in [3.63, 3.8) is 0 Å². The van der Waals surface area contributed by atoms with E-state index in [0.29, 0.717) is 15.4 Å². The predicted molar refractivity (Wildman–Crippen MR) is 116 cm³/mol. The maximum Gasteiger partial charge on any atom is 0.270 e. The highest BCUT2D eigenvalue weighted by molar-refractivity contribution is 9.10. The third-order valence-electron chi connectivity index (χ3n) is 4.31. The molecule has 0 saturated carbocycles. The summed E-state index contributed by atoms with van der Waals surface area (Å²) in [7, 11) is -2.76. The van der Waals surface area contributed by atoms with Gasteiger partial charge in [-0.15, -0.1) is 0 Å². The number of aromatic nitrogens is 2. The van der Waals surface area contributed by atoms with Crippen LogP contribution in [0.15, 0.2) is 73.5 Å². The maximum absolute atomic E-state index is 13.7. The highest BCUT2D eigenvalue weighted by Crippen LogP contribution is 2.42. The molecule has 4 aromatic rings. The Morgan fingerprint density at radius 2 is 1.97 bits per heavy atom. The molecule has 8 nitrogen and oxygen atoms in total. The number of hydrogen-bond donors (Lipinski definition) is 1. The molecule has 2 aromatic heterocycles. The van der Waals surface area contributed by atoms with E-state index in [0.717, 1.165) is 4.31 Å². The van der Waals surface area contributed by atoms with Crippen molar-refractivity contribution in [3.8, 4) is 5.75 Å². The van der Waals surface area contributed by atoms with Gasteiger partial charge in [-0.25, -0.2) is 12.7 Å². The largest absolute Gasteiger partial charge is 0.494 e. The van der Waals surface area contributed by atoms with Gasteiger partial charge in [-0.2, -0.15) is 0 Å². The van der Waals surface area contributed by atoms with Crippen LogP contribution in [0.3, 0.4) is 0 Å². The molecule has 0 spiro atoms. The second-order valence-electron chi connectivity index (χ2n) is 6.14. The second kappa shape index (κ2) is 7.78. The summed E-state index contributed by atoms with van der Waals surface area (Å²) < 4.78 is 39.1. The Labute approximate surface area is 184 Å². The Kier molecular flexibility index (Phi) is 5.31. The number of ether oxygens (including phenoxy) is 1. The zero-order chi connectivity index (χ0) is 21.5. The average Bonchev–Trinajstić information content (AvgIpc) is 3.24. The molecular formula is C19H13BrClN3O5S. The summed E-state index contributed by atoms with van der Waals surface area (Å²) in [6, 6.07) is 11.7. The first-order valence-corrected chi connectivity index (χ1v) is 11.0. The molecule has 1 N–H and O–H groups in total. The van der Waals surface area contributed by atoms with E-state index in [4.69, 9.17) is 20.9 Å². The normalized spacial score (nSPS) is 11.6. The smallest absolute Gasteiger partial charge is 0.270 e. The van der Waals surface area contributed by atoms with Gasteiger partial charge in [-0.05, 0) is 57.7 Å². The van der Waals surface area contributed by atoms with Gasteiger partial charge in [-0.3, -0.25) is 4.79 Å². The molecule has 30 heavy (non-hydrogen) atoms. The summed E-state index contributed by atoms with van der Waals surface area (Å²) in [4.78, 5) is 14.1. The van der Waals surface area contributed by atoms with Crippen LogP contribution in [0.1, 0.15) is 0 Å². The summed E-state index contributed by atoms with van der Waals surface area (Å²) in [6.45, 7) is 0. The number of methoxy groups -OCH3 is 1. The lowest BCUT2D eigenvalue weighted by molar-refractivity contribution is 0.414. The number of pyridine rings is 1. The van der Waals surface area contributed by atoms with Crippen molar-refractivity contribution in [3.05, 3.63) is 74.6 Å². The summed E-state index contributed by atoms with van der Waals surface area (Å²) in [5.41, 5.74) is 0.386. The van der Waals surface area contributed by atoms with Gasteiger partial charge in [-0.1, -0.05) is 16.8 Å². The fourth-order valence-corrected chi connectivity index (χ4v) is 4.87. The van der Waals surface area contributed by atoms with Gasteiger partial charge in [0.15, 0.2) is 5.82 Å². The molecule has 0 aliphatic rings. The fourth-order valence-electron chi connectivity index (χ4n) is 2.93. The van der Waals surface area contributed by atoms with E-state index >= 15 is 0 Å². The number of sulfonamides is 1. The zero-order valence-electron chi connectivity index (χ0n) is 15.3. The lowest BCUT2D eigenvalue weighted by Gasteiger charge is -2.24. The minimum absolute atomic E-state index is 0.0215. The van der Waals surface area contributed by atoms with E-state index in [9.17, 15) is 13.2 Å². The molecule has 0 fully saturated rings. The van der Waals surface area contributed by atoms with Crippen LogP contribution in [-0.4, -0.2) is 25.7 Å². The number of hydrogen-bond acceptors (Lipinski definition) is 6. The van der Waals surface area contributed by atoms with Crippen LogP contribution in [0.4, 0.5) is 11.5 Å². The van der Waals surface area contributed by atoms with Gasteiger partial charge in [0, 0.05) is 22.1 Å². The first-order valence-electron chi connectivity index (χ1n) is 8.43. The lowest BCUT2D eigenvalue weighted by atomic mass is 10.2. The highest BCUT2D eigenvalue weighted by atomic mass is 79.9. The first-order chi connectivity index (χ1) is 14.3. The number of H-pyrrole nitrogens is 1. The molecular weight excluding hydrogens is 498 g/mol. The molecule has 0 aliphatic heterocycles. The van der Waals surface area contributed by atoms with Crippen LogP contribution in [0.25, 0.3) is 10.9 Å². The minimum Gasteiger partial charge on any atom is -0.494 e. The van der Waals surface area contributed by atoms with Gasteiger partial charge >= 0.3 is 0 Å². The van der Waals surface area contributed by atoms with Crippen LogP contribution in [0.5, 0.6) is 5.75 Å². The Hall–Kier alpha value is -2.82. The van der Waals surface area contributed by atoms with Crippen LogP contribution in [0.2, 0.25) is 5.02 Å². The molecule has 0 amide bonds. The van der Waals surface area contributed by atoms with Crippen LogP contribution in [0, 0.1) is 0 Å². The van der Waals surface area contributed by atoms with E-state index in [1.807, 2.05) is 0 Å². The summed E-state index contributed by atoms with van der Waals surface area (Å²) in [5.74, 6) is 0.274. The van der Waals surface area contributed by atoms with Crippen molar-refractivity contribution in [2.45, 2.75) is 4.90 Å². The minimum atomic E-state index is -4.18. The van der Waals surface area contributed by atoms with Crippen molar-refractivity contribution in [2.75, 3.05) is 11.4 Å². The number of anilines is 2. The number of nitrogens with one attached hydrogen (secondary N) is 1. The van der Waals surface area contributed by atoms with E-state index in [-0.39, 0.29) is 32.7 Å². The van der Waals surface area contributed by atoms with E-state index in [2.05, 4.69) is 26.1 Å². The Bertz CT molecular complexity index is 1400. The average molecular weight is 511 g/mol. The Morgan fingerprint density at radius 1 is 1.17 bits per heavy atom. The molecule has 0 radical (unpaired) electrons. The zero-order valence-corrected chi connectivity index (χ0v) is 18.5. The Balaban J connectivity index is 1.96. The van der Waals surface area contributed by atoms with Gasteiger partial charge < -0.3 is 14.2 Å².